The molecule has 0 saturated heterocycles. The van der Waals surface area contributed by atoms with Crippen molar-refractivity contribution in [3.8, 4) is 11.3 Å². The minimum absolute atomic E-state index is 0.0448. The number of aromatic nitrogens is 6. The maximum absolute atomic E-state index is 12.4. The first kappa shape index (κ1) is 17.1. The minimum Gasteiger partial charge on any atom is -0.325 e. The number of nitrogens with zero attached hydrogens (tertiary/aromatic N) is 7. The molecule has 30 heavy (non-hydrogen) atoms. The normalized spacial score (nSPS) is 16.5. The van der Waals surface area contributed by atoms with Gasteiger partial charge in [0.25, 0.3) is 5.95 Å². The summed E-state index contributed by atoms with van der Waals surface area (Å²) >= 11 is 0. The van der Waals surface area contributed by atoms with Gasteiger partial charge >= 0.3 is 0 Å². The number of aryl methyl sites for hydroxylation is 1. The number of nitrogens with one attached hydrogen (secondary N) is 1. The van der Waals surface area contributed by atoms with Gasteiger partial charge in [0.15, 0.2) is 5.65 Å². The van der Waals surface area contributed by atoms with Crippen LogP contribution in [-0.4, -0.2) is 40.5 Å². The number of carbonyl (C=O) groups excluding carboxylic acids is 1. The molecule has 4 aromatic rings. The highest BCUT2D eigenvalue weighted by molar-refractivity contribution is 6.07. The fourth-order valence-corrected chi connectivity index (χ4v) is 4.33. The maximum Gasteiger partial charge on any atom is 0.274 e. The van der Waals surface area contributed by atoms with Crippen LogP contribution in [0.15, 0.2) is 43.0 Å². The van der Waals surface area contributed by atoms with Crippen molar-refractivity contribution in [2.24, 2.45) is 7.05 Å². The number of amides is 1. The Morgan fingerprint density at radius 1 is 1.30 bits per heavy atom. The van der Waals surface area contributed by atoms with Crippen molar-refractivity contribution in [3.63, 3.8) is 0 Å². The summed E-state index contributed by atoms with van der Waals surface area (Å²) in [4.78, 5) is 21.3. The summed E-state index contributed by atoms with van der Waals surface area (Å²) < 4.78 is 3.25. The van der Waals surface area contributed by atoms with E-state index in [1.54, 1.807) is 39.9 Å². The summed E-state index contributed by atoms with van der Waals surface area (Å²) in [5.74, 6) is 0.152. The van der Waals surface area contributed by atoms with E-state index in [2.05, 4.69) is 25.5 Å². The molecule has 1 saturated carbocycles. The van der Waals surface area contributed by atoms with Gasteiger partial charge in [-0.25, -0.2) is 4.52 Å². The van der Waals surface area contributed by atoms with Crippen molar-refractivity contribution >= 4 is 28.9 Å². The summed E-state index contributed by atoms with van der Waals surface area (Å²) in [5, 5.41) is 23.2. The third-order valence-electron chi connectivity index (χ3n) is 6.06. The Kier molecular flexibility index (Phi) is 3.34. The summed E-state index contributed by atoms with van der Waals surface area (Å²) in [6.45, 7) is 0. The van der Waals surface area contributed by atoms with Crippen LogP contribution < -0.4 is 10.4 Å². The Bertz CT molecular complexity index is 1320. The van der Waals surface area contributed by atoms with Crippen LogP contribution in [0.1, 0.15) is 24.8 Å². The average molecular weight is 402 g/mol. The molecule has 2 aliphatic rings. The second-order valence-corrected chi connectivity index (χ2v) is 7.79. The lowest BCUT2D eigenvalue weighted by Crippen LogP contribution is -2.40. The van der Waals surface area contributed by atoms with E-state index in [4.69, 9.17) is 0 Å². The van der Waals surface area contributed by atoms with Crippen molar-refractivity contribution in [3.05, 3.63) is 48.5 Å². The van der Waals surface area contributed by atoms with Crippen molar-refractivity contribution in [2.75, 3.05) is 10.4 Å². The quantitative estimate of drug-likeness (QED) is 0.506. The standard InChI is InChI=1S/C20H18N8O2/c1-26-11-12(10-22-26)16-17-24-19(25-27(17)8-7-21-16)28(30)13-3-4-14-15(9-13)23-18(29)20(14)5-2-6-20/h3-4,7-11,30H,2,5-6H2,1H3,(H,23,29). The summed E-state index contributed by atoms with van der Waals surface area (Å²) in [6, 6.07) is 5.45. The zero-order valence-corrected chi connectivity index (χ0v) is 16.1. The van der Waals surface area contributed by atoms with E-state index >= 15 is 0 Å². The average Bonchev–Trinajstić information content (AvgIpc) is 3.40. The second-order valence-electron chi connectivity index (χ2n) is 7.79. The van der Waals surface area contributed by atoms with Gasteiger partial charge in [0.2, 0.25) is 5.91 Å². The zero-order valence-electron chi connectivity index (χ0n) is 16.1. The van der Waals surface area contributed by atoms with Gasteiger partial charge in [-0.1, -0.05) is 12.5 Å². The highest BCUT2D eigenvalue weighted by Gasteiger charge is 2.51. The van der Waals surface area contributed by atoms with Crippen LogP contribution in [0, 0.1) is 0 Å². The van der Waals surface area contributed by atoms with Crippen LogP contribution in [-0.2, 0) is 17.3 Å². The van der Waals surface area contributed by atoms with Crippen molar-refractivity contribution in [1.29, 1.82) is 0 Å². The monoisotopic (exact) mass is 402 g/mol. The Labute approximate surface area is 170 Å². The summed E-state index contributed by atoms with van der Waals surface area (Å²) in [7, 11) is 1.83. The fourth-order valence-electron chi connectivity index (χ4n) is 4.33. The Morgan fingerprint density at radius 3 is 2.90 bits per heavy atom. The molecule has 0 unspecified atom stereocenters. The first-order valence-corrected chi connectivity index (χ1v) is 9.71. The van der Waals surface area contributed by atoms with Gasteiger partial charge in [-0.05, 0) is 30.5 Å². The summed E-state index contributed by atoms with van der Waals surface area (Å²) in [5.41, 5.74) is 3.74. The molecular weight excluding hydrogens is 384 g/mol. The predicted octanol–water partition coefficient (Wildman–Crippen LogP) is 2.43. The first-order valence-electron chi connectivity index (χ1n) is 9.71. The van der Waals surface area contributed by atoms with Crippen LogP contribution in [0.5, 0.6) is 0 Å². The van der Waals surface area contributed by atoms with Gasteiger partial charge in [0.05, 0.1) is 17.3 Å². The summed E-state index contributed by atoms with van der Waals surface area (Å²) in [6.07, 6.45) is 9.62. The largest absolute Gasteiger partial charge is 0.325 e. The molecule has 1 fully saturated rings. The van der Waals surface area contributed by atoms with E-state index in [-0.39, 0.29) is 17.3 Å². The van der Waals surface area contributed by atoms with Gasteiger partial charge in [0.1, 0.15) is 5.69 Å². The number of fused-ring (bicyclic) bond motifs is 3. The highest BCUT2D eigenvalue weighted by atomic mass is 16.5. The molecule has 150 valence electrons. The Balaban J connectivity index is 1.39. The zero-order chi connectivity index (χ0) is 20.5. The highest BCUT2D eigenvalue weighted by Crippen LogP contribution is 2.51. The molecule has 3 aromatic heterocycles. The number of carbonyl (C=O) groups is 1. The van der Waals surface area contributed by atoms with Crippen LogP contribution in [0.3, 0.4) is 0 Å². The molecule has 6 rings (SSSR count). The SMILES string of the molecule is Cn1cc(-c2nccn3nc(N(O)c4ccc5c(c4)NC(=O)C54CCC4)nc23)cn1. The van der Waals surface area contributed by atoms with E-state index in [9.17, 15) is 10.0 Å². The first-order chi connectivity index (χ1) is 14.5. The molecule has 10 heteroatoms. The van der Waals surface area contributed by atoms with E-state index in [1.165, 1.54) is 0 Å². The van der Waals surface area contributed by atoms with Gasteiger partial charge in [-0.3, -0.25) is 19.7 Å². The molecule has 0 bridgehead atoms. The number of anilines is 3. The predicted molar refractivity (Wildman–Crippen MR) is 108 cm³/mol. The smallest absolute Gasteiger partial charge is 0.274 e. The maximum atomic E-state index is 12.4. The minimum atomic E-state index is -0.389. The van der Waals surface area contributed by atoms with E-state index in [1.807, 2.05) is 19.3 Å². The van der Waals surface area contributed by atoms with Crippen molar-refractivity contribution in [1.82, 2.24) is 29.4 Å². The topological polar surface area (TPSA) is 113 Å². The number of rotatable bonds is 3. The van der Waals surface area contributed by atoms with Crippen molar-refractivity contribution < 1.29 is 10.0 Å². The molecule has 1 spiro atoms. The molecule has 10 nitrogen and oxygen atoms in total. The second kappa shape index (κ2) is 5.86. The van der Waals surface area contributed by atoms with E-state index in [0.29, 0.717) is 17.0 Å². The third-order valence-corrected chi connectivity index (χ3v) is 6.06. The molecule has 0 atom stereocenters. The fraction of sp³-hybridized carbons (Fsp3) is 0.250. The van der Waals surface area contributed by atoms with Crippen molar-refractivity contribution in [2.45, 2.75) is 24.7 Å². The van der Waals surface area contributed by atoms with Gasteiger partial charge in [0, 0.05) is 36.9 Å². The van der Waals surface area contributed by atoms with Gasteiger partial charge in [-0.15, -0.1) is 5.10 Å². The van der Waals surface area contributed by atoms with Crippen LogP contribution in [0.4, 0.5) is 17.3 Å². The molecule has 1 aliphatic heterocycles. The van der Waals surface area contributed by atoms with Crippen LogP contribution in [0.2, 0.25) is 0 Å². The van der Waals surface area contributed by atoms with Gasteiger partial charge in [-0.2, -0.15) is 15.1 Å². The number of hydrogen-bond donors (Lipinski definition) is 2. The molecular formula is C20H18N8O2. The lowest BCUT2D eigenvalue weighted by molar-refractivity contribution is -0.123. The molecule has 1 amide bonds. The van der Waals surface area contributed by atoms with E-state index in [0.717, 1.165) is 41.1 Å². The lowest BCUT2D eigenvalue weighted by atomic mass is 9.65. The number of hydrogen-bond acceptors (Lipinski definition) is 7. The van der Waals surface area contributed by atoms with Crippen LogP contribution >= 0.6 is 0 Å². The molecule has 1 aromatic carbocycles. The molecule has 0 radical (unpaired) electrons. The van der Waals surface area contributed by atoms with Crippen LogP contribution in [0.25, 0.3) is 16.9 Å². The molecule has 2 N–H and O–H groups in total. The Morgan fingerprint density at radius 2 is 2.17 bits per heavy atom. The molecule has 4 heterocycles. The Hall–Kier alpha value is -3.79. The number of benzene rings is 1. The van der Waals surface area contributed by atoms with Gasteiger partial charge < -0.3 is 5.32 Å². The molecule has 1 aliphatic carbocycles. The third kappa shape index (κ3) is 2.25. The lowest BCUT2D eigenvalue weighted by Gasteiger charge is -2.36. The van der Waals surface area contributed by atoms with E-state index < -0.39 is 0 Å².